The highest BCUT2D eigenvalue weighted by atomic mass is 19.4. The molecule has 0 aliphatic carbocycles. The van der Waals surface area contributed by atoms with Gasteiger partial charge in [-0.1, -0.05) is 5.21 Å². The van der Waals surface area contributed by atoms with Crippen LogP contribution in [0.15, 0.2) is 36.8 Å². The van der Waals surface area contributed by atoms with Gasteiger partial charge in [-0.15, -0.1) is 5.10 Å². The predicted molar refractivity (Wildman–Crippen MR) is 77.4 cm³/mol. The van der Waals surface area contributed by atoms with E-state index in [0.717, 1.165) is 0 Å². The lowest BCUT2D eigenvalue weighted by molar-refractivity contribution is -0.138. The van der Waals surface area contributed by atoms with Crippen molar-refractivity contribution in [3.05, 3.63) is 59.4 Å². The van der Waals surface area contributed by atoms with Crippen molar-refractivity contribution in [2.75, 3.05) is 0 Å². The van der Waals surface area contributed by atoms with Gasteiger partial charge in [0.1, 0.15) is 18.1 Å². The lowest BCUT2D eigenvalue weighted by atomic mass is 10.2. The van der Waals surface area contributed by atoms with Gasteiger partial charge in [-0.25, -0.2) is 19.0 Å². The molecule has 1 aromatic carbocycles. The molecule has 0 radical (unpaired) electrons. The first kappa shape index (κ1) is 16.8. The normalized spacial score (nSPS) is 11.6. The molecule has 0 fully saturated rings. The fourth-order valence-corrected chi connectivity index (χ4v) is 1.94. The zero-order chi connectivity index (χ0) is 18.0. The van der Waals surface area contributed by atoms with Gasteiger partial charge in [-0.2, -0.15) is 13.2 Å². The van der Waals surface area contributed by atoms with Gasteiger partial charge in [0.2, 0.25) is 0 Å². The highest BCUT2D eigenvalue weighted by Gasteiger charge is 2.31. The van der Waals surface area contributed by atoms with Gasteiger partial charge in [-0.05, 0) is 30.7 Å². The van der Waals surface area contributed by atoms with E-state index in [-0.39, 0.29) is 18.4 Å². The second kappa shape index (κ2) is 6.46. The third-order valence-corrected chi connectivity index (χ3v) is 3.25. The summed E-state index contributed by atoms with van der Waals surface area (Å²) >= 11 is 0. The van der Waals surface area contributed by atoms with E-state index >= 15 is 0 Å². The van der Waals surface area contributed by atoms with Crippen LogP contribution in [-0.4, -0.2) is 25.0 Å². The Bertz CT molecular complexity index is 876. The van der Waals surface area contributed by atoms with Gasteiger partial charge in [0.15, 0.2) is 0 Å². The number of hydrogen-bond acceptors (Lipinski definition) is 5. The molecule has 0 aliphatic heterocycles. The SMILES string of the molecule is Cc1cc(-n2cc(COc3ncc(C(F)(F)F)cn3)nn2)ccc1F. The Morgan fingerprint density at radius 2 is 1.88 bits per heavy atom. The second-order valence-electron chi connectivity index (χ2n) is 5.13. The van der Waals surface area contributed by atoms with E-state index in [0.29, 0.717) is 29.3 Å². The number of rotatable bonds is 4. The summed E-state index contributed by atoms with van der Waals surface area (Å²) in [5.74, 6) is -0.327. The molecule has 2 heterocycles. The molecule has 130 valence electrons. The molecule has 3 aromatic rings. The smallest absolute Gasteiger partial charge is 0.419 e. The van der Waals surface area contributed by atoms with Crippen molar-refractivity contribution in [1.82, 2.24) is 25.0 Å². The number of alkyl halides is 3. The van der Waals surface area contributed by atoms with E-state index in [9.17, 15) is 17.6 Å². The zero-order valence-electron chi connectivity index (χ0n) is 12.8. The van der Waals surface area contributed by atoms with E-state index in [1.54, 1.807) is 25.3 Å². The summed E-state index contributed by atoms with van der Waals surface area (Å²) in [7, 11) is 0. The molecule has 25 heavy (non-hydrogen) atoms. The van der Waals surface area contributed by atoms with Crippen LogP contribution >= 0.6 is 0 Å². The number of halogens is 4. The molecule has 3 rings (SSSR count). The van der Waals surface area contributed by atoms with Gasteiger partial charge in [0, 0.05) is 12.4 Å². The molecule has 10 heteroatoms. The summed E-state index contributed by atoms with van der Waals surface area (Å²) in [4.78, 5) is 6.99. The quantitative estimate of drug-likeness (QED) is 0.675. The van der Waals surface area contributed by atoms with Crippen LogP contribution in [0.3, 0.4) is 0 Å². The lowest BCUT2D eigenvalue weighted by Crippen LogP contribution is -2.07. The van der Waals surface area contributed by atoms with E-state index in [1.807, 2.05) is 0 Å². The summed E-state index contributed by atoms with van der Waals surface area (Å²) in [5.41, 5.74) is 0.523. The van der Waals surface area contributed by atoms with Crippen LogP contribution in [0.1, 0.15) is 16.8 Å². The Morgan fingerprint density at radius 1 is 1.16 bits per heavy atom. The van der Waals surface area contributed by atoms with Crippen molar-refractivity contribution in [3.8, 4) is 11.7 Å². The van der Waals surface area contributed by atoms with Crippen molar-refractivity contribution in [3.63, 3.8) is 0 Å². The molecule has 0 saturated heterocycles. The standard InChI is InChI=1S/C15H11F4N5O/c1-9-4-12(2-3-13(9)16)24-7-11(22-23-24)8-25-14-20-5-10(6-21-14)15(17,18)19/h2-7H,8H2,1H3. The number of aromatic nitrogens is 5. The summed E-state index contributed by atoms with van der Waals surface area (Å²) in [5, 5.41) is 7.77. The van der Waals surface area contributed by atoms with E-state index in [4.69, 9.17) is 4.74 Å². The number of hydrogen-bond donors (Lipinski definition) is 0. The average Bonchev–Trinajstić information content (AvgIpc) is 3.04. The molecular weight excluding hydrogens is 342 g/mol. The number of ether oxygens (including phenoxy) is 1. The molecular formula is C15H11F4N5O. The van der Waals surface area contributed by atoms with Crippen LogP contribution in [0.4, 0.5) is 17.6 Å². The fourth-order valence-electron chi connectivity index (χ4n) is 1.94. The van der Waals surface area contributed by atoms with Crippen LogP contribution < -0.4 is 4.74 Å². The first-order chi connectivity index (χ1) is 11.8. The third-order valence-electron chi connectivity index (χ3n) is 3.25. The van der Waals surface area contributed by atoms with E-state index < -0.39 is 11.7 Å². The Kier molecular flexibility index (Phi) is 4.34. The molecule has 0 amide bonds. The van der Waals surface area contributed by atoms with Crippen molar-refractivity contribution in [2.24, 2.45) is 0 Å². The highest BCUT2D eigenvalue weighted by molar-refractivity contribution is 5.35. The minimum Gasteiger partial charge on any atom is -0.457 e. The Hall–Kier alpha value is -3.04. The zero-order valence-corrected chi connectivity index (χ0v) is 12.8. The number of benzene rings is 1. The van der Waals surface area contributed by atoms with Gasteiger partial charge < -0.3 is 4.74 Å². The van der Waals surface area contributed by atoms with Crippen molar-refractivity contribution >= 4 is 0 Å². The van der Waals surface area contributed by atoms with Gasteiger partial charge in [0.25, 0.3) is 0 Å². The highest BCUT2D eigenvalue weighted by Crippen LogP contribution is 2.28. The molecule has 0 unspecified atom stereocenters. The van der Waals surface area contributed by atoms with Crippen molar-refractivity contribution in [2.45, 2.75) is 19.7 Å². The van der Waals surface area contributed by atoms with Crippen LogP contribution in [0, 0.1) is 12.7 Å². The number of aryl methyl sites for hydroxylation is 1. The maximum Gasteiger partial charge on any atom is 0.419 e. The molecule has 0 bridgehead atoms. The maximum atomic E-state index is 13.3. The second-order valence-corrected chi connectivity index (χ2v) is 5.13. The van der Waals surface area contributed by atoms with Gasteiger partial charge in [-0.3, -0.25) is 0 Å². The molecule has 0 N–H and O–H groups in total. The van der Waals surface area contributed by atoms with Crippen LogP contribution in [-0.2, 0) is 12.8 Å². The van der Waals surface area contributed by atoms with Crippen LogP contribution in [0.25, 0.3) is 5.69 Å². The topological polar surface area (TPSA) is 65.7 Å². The molecule has 0 saturated carbocycles. The van der Waals surface area contributed by atoms with E-state index in [1.165, 1.54) is 10.7 Å². The minimum atomic E-state index is -4.51. The molecule has 2 aromatic heterocycles. The van der Waals surface area contributed by atoms with E-state index in [2.05, 4.69) is 20.3 Å². The first-order valence-corrected chi connectivity index (χ1v) is 7.03. The maximum absolute atomic E-state index is 13.3. The van der Waals surface area contributed by atoms with Crippen LogP contribution in [0.2, 0.25) is 0 Å². The largest absolute Gasteiger partial charge is 0.457 e. The first-order valence-electron chi connectivity index (χ1n) is 7.03. The molecule has 0 aliphatic rings. The summed E-state index contributed by atoms with van der Waals surface area (Å²) < 4.78 is 57.2. The van der Waals surface area contributed by atoms with Gasteiger partial charge in [0.05, 0.1) is 17.4 Å². The molecule has 0 spiro atoms. The van der Waals surface area contributed by atoms with Crippen LogP contribution in [0.5, 0.6) is 6.01 Å². The van der Waals surface area contributed by atoms with Gasteiger partial charge >= 0.3 is 12.2 Å². The summed E-state index contributed by atoms with van der Waals surface area (Å²) in [6.45, 7) is 1.55. The average molecular weight is 353 g/mol. The lowest BCUT2D eigenvalue weighted by Gasteiger charge is -2.06. The van der Waals surface area contributed by atoms with Crippen molar-refractivity contribution in [1.29, 1.82) is 0 Å². The number of nitrogens with zero attached hydrogens (tertiary/aromatic N) is 5. The fraction of sp³-hybridized carbons (Fsp3) is 0.200. The minimum absolute atomic E-state index is 0.0778. The summed E-state index contributed by atoms with van der Waals surface area (Å²) in [6.07, 6.45) is -1.67. The predicted octanol–water partition coefficient (Wildman–Crippen LogP) is 3.10. The monoisotopic (exact) mass is 353 g/mol. The molecule has 6 nitrogen and oxygen atoms in total. The molecule has 0 atom stereocenters. The Morgan fingerprint density at radius 3 is 2.52 bits per heavy atom. The Balaban J connectivity index is 1.66. The van der Waals surface area contributed by atoms with Crippen molar-refractivity contribution < 1.29 is 22.3 Å². The Labute approximate surface area is 139 Å². The third kappa shape index (κ3) is 3.90. The summed E-state index contributed by atoms with van der Waals surface area (Å²) in [6, 6.07) is 4.26.